The van der Waals surface area contributed by atoms with Gasteiger partial charge in [0, 0.05) is 35.7 Å². The summed E-state index contributed by atoms with van der Waals surface area (Å²) in [6, 6.07) is 9.84. The van der Waals surface area contributed by atoms with Gasteiger partial charge in [-0.2, -0.15) is 0 Å². The molecule has 0 bridgehead atoms. The highest BCUT2D eigenvalue weighted by Crippen LogP contribution is 2.36. The monoisotopic (exact) mass is 372 g/mol. The van der Waals surface area contributed by atoms with E-state index in [0.29, 0.717) is 25.4 Å². The number of nitrogens with one attached hydrogen (secondary N) is 2. The number of hydrogen-bond donors (Lipinski definition) is 2. The van der Waals surface area contributed by atoms with Gasteiger partial charge in [-0.3, -0.25) is 9.59 Å². The number of hydrogen-bond acceptors (Lipinski definition) is 4. The van der Waals surface area contributed by atoms with Crippen molar-refractivity contribution in [3.05, 3.63) is 51.7 Å². The minimum Gasteiger partial charge on any atom is -0.381 e. The third kappa shape index (κ3) is 4.31. The van der Waals surface area contributed by atoms with Crippen LogP contribution in [0.25, 0.3) is 0 Å². The molecule has 1 aliphatic rings. The maximum atomic E-state index is 12.3. The topological polar surface area (TPSA) is 67.4 Å². The first-order valence-corrected chi connectivity index (χ1v) is 9.66. The Morgan fingerprint density at radius 2 is 1.81 bits per heavy atom. The van der Waals surface area contributed by atoms with Crippen molar-refractivity contribution in [1.29, 1.82) is 0 Å². The molecule has 5 nitrogen and oxygen atoms in total. The molecular formula is C20H24N2O3S. The molecule has 1 aliphatic heterocycles. The largest absolute Gasteiger partial charge is 0.381 e. The number of thiophene rings is 1. The average molecular weight is 372 g/mol. The molecule has 26 heavy (non-hydrogen) atoms. The molecule has 1 fully saturated rings. The van der Waals surface area contributed by atoms with Crippen LogP contribution in [-0.4, -0.2) is 31.6 Å². The number of carbonyl (C=O) groups is 2. The minimum absolute atomic E-state index is 0.151. The van der Waals surface area contributed by atoms with Gasteiger partial charge in [0.1, 0.15) is 0 Å². The fourth-order valence-corrected chi connectivity index (χ4v) is 4.40. The van der Waals surface area contributed by atoms with Gasteiger partial charge in [0.25, 0.3) is 0 Å². The van der Waals surface area contributed by atoms with Crippen molar-refractivity contribution in [1.82, 2.24) is 5.32 Å². The molecule has 0 unspecified atom stereocenters. The summed E-state index contributed by atoms with van der Waals surface area (Å²) in [7, 11) is 0. The van der Waals surface area contributed by atoms with Crippen molar-refractivity contribution in [2.24, 2.45) is 0 Å². The average Bonchev–Trinajstić information content (AvgIpc) is 3.15. The van der Waals surface area contributed by atoms with Crippen molar-refractivity contribution in [3.63, 3.8) is 0 Å². The van der Waals surface area contributed by atoms with E-state index in [2.05, 4.69) is 16.7 Å². The van der Waals surface area contributed by atoms with Crippen LogP contribution in [0.3, 0.4) is 0 Å². The number of aryl methyl sites for hydroxylation is 2. The molecule has 0 radical (unpaired) electrons. The van der Waals surface area contributed by atoms with E-state index >= 15 is 0 Å². The molecule has 2 aromatic rings. The smallest absolute Gasteiger partial charge is 0.313 e. The highest BCUT2D eigenvalue weighted by atomic mass is 32.1. The third-order valence-electron chi connectivity index (χ3n) is 4.77. The molecule has 1 saturated heterocycles. The van der Waals surface area contributed by atoms with Crippen LogP contribution < -0.4 is 10.6 Å². The molecular weight excluding hydrogens is 348 g/mol. The second-order valence-corrected chi connectivity index (χ2v) is 7.83. The second-order valence-electron chi connectivity index (χ2n) is 6.88. The Hall–Kier alpha value is -2.18. The predicted octanol–water partition coefficient (Wildman–Crippen LogP) is 3.17. The van der Waals surface area contributed by atoms with Gasteiger partial charge in [0.2, 0.25) is 0 Å². The Balaban J connectivity index is 1.64. The van der Waals surface area contributed by atoms with Crippen LogP contribution in [0.5, 0.6) is 0 Å². The van der Waals surface area contributed by atoms with Gasteiger partial charge in [0.15, 0.2) is 0 Å². The van der Waals surface area contributed by atoms with Crippen molar-refractivity contribution in [3.8, 4) is 0 Å². The SMILES string of the molecule is Cc1cc(C)cc(NC(=O)C(=O)NCC2(c3cccs3)CCOCC2)c1. The molecule has 2 heterocycles. The Labute approximate surface area is 157 Å². The van der Waals surface area contributed by atoms with E-state index in [1.54, 1.807) is 11.3 Å². The lowest BCUT2D eigenvalue weighted by atomic mass is 9.78. The number of ether oxygens (including phenoxy) is 1. The maximum Gasteiger partial charge on any atom is 0.313 e. The van der Waals surface area contributed by atoms with Gasteiger partial charge >= 0.3 is 11.8 Å². The minimum atomic E-state index is -0.636. The third-order valence-corrected chi connectivity index (χ3v) is 5.88. The van der Waals surface area contributed by atoms with Crippen molar-refractivity contribution in [2.45, 2.75) is 32.1 Å². The van der Waals surface area contributed by atoms with Crippen molar-refractivity contribution >= 4 is 28.8 Å². The number of amides is 2. The first-order valence-electron chi connectivity index (χ1n) is 8.78. The lowest BCUT2D eigenvalue weighted by molar-refractivity contribution is -0.136. The highest BCUT2D eigenvalue weighted by molar-refractivity contribution is 7.10. The lowest BCUT2D eigenvalue weighted by Gasteiger charge is -2.36. The van der Waals surface area contributed by atoms with Crippen LogP contribution >= 0.6 is 11.3 Å². The van der Waals surface area contributed by atoms with Crippen LogP contribution in [0.4, 0.5) is 5.69 Å². The fourth-order valence-electron chi connectivity index (χ4n) is 3.42. The standard InChI is InChI=1S/C20H24N2O3S/c1-14-10-15(2)12-16(11-14)22-19(24)18(23)21-13-20(5-7-25-8-6-20)17-4-3-9-26-17/h3-4,9-12H,5-8,13H2,1-2H3,(H,21,23)(H,22,24). The summed E-state index contributed by atoms with van der Waals surface area (Å²) in [4.78, 5) is 25.8. The molecule has 2 amide bonds. The fraction of sp³-hybridized carbons (Fsp3) is 0.400. The zero-order valence-corrected chi connectivity index (χ0v) is 15.9. The summed E-state index contributed by atoms with van der Waals surface area (Å²) in [6.45, 7) is 5.69. The van der Waals surface area contributed by atoms with E-state index in [4.69, 9.17) is 4.74 Å². The van der Waals surface area contributed by atoms with E-state index in [1.807, 2.05) is 43.5 Å². The summed E-state index contributed by atoms with van der Waals surface area (Å²) in [5.74, 6) is -1.24. The molecule has 6 heteroatoms. The Kier molecular flexibility index (Phi) is 5.74. The van der Waals surface area contributed by atoms with E-state index < -0.39 is 11.8 Å². The van der Waals surface area contributed by atoms with E-state index in [1.165, 1.54) is 4.88 Å². The Morgan fingerprint density at radius 3 is 2.42 bits per heavy atom. The molecule has 1 aromatic carbocycles. The molecule has 3 rings (SSSR count). The number of rotatable bonds is 4. The molecule has 0 atom stereocenters. The van der Waals surface area contributed by atoms with Gasteiger partial charge in [-0.1, -0.05) is 12.1 Å². The summed E-state index contributed by atoms with van der Waals surface area (Å²) in [5, 5.41) is 7.56. The van der Waals surface area contributed by atoms with Crippen LogP contribution in [0, 0.1) is 13.8 Å². The van der Waals surface area contributed by atoms with Crippen LogP contribution in [-0.2, 0) is 19.7 Å². The summed E-state index contributed by atoms with van der Waals surface area (Å²) < 4.78 is 5.49. The van der Waals surface area contributed by atoms with Gasteiger partial charge in [0.05, 0.1) is 0 Å². The molecule has 1 aromatic heterocycles. The zero-order valence-electron chi connectivity index (χ0n) is 15.1. The summed E-state index contributed by atoms with van der Waals surface area (Å²) in [5.41, 5.74) is 2.57. The molecule has 0 aliphatic carbocycles. The van der Waals surface area contributed by atoms with Crippen LogP contribution in [0.1, 0.15) is 28.8 Å². The molecule has 0 saturated carbocycles. The first-order chi connectivity index (χ1) is 12.5. The molecule has 138 valence electrons. The lowest BCUT2D eigenvalue weighted by Crippen LogP contribution is -2.46. The van der Waals surface area contributed by atoms with Crippen molar-refractivity contribution in [2.75, 3.05) is 25.1 Å². The Morgan fingerprint density at radius 1 is 1.12 bits per heavy atom. The van der Waals surface area contributed by atoms with Crippen LogP contribution in [0.15, 0.2) is 35.7 Å². The van der Waals surface area contributed by atoms with Gasteiger partial charge < -0.3 is 15.4 Å². The first kappa shape index (κ1) is 18.6. The predicted molar refractivity (Wildman–Crippen MR) is 104 cm³/mol. The van der Waals surface area contributed by atoms with E-state index in [-0.39, 0.29) is 5.41 Å². The van der Waals surface area contributed by atoms with Gasteiger partial charge in [-0.25, -0.2) is 0 Å². The second kappa shape index (κ2) is 8.01. The number of anilines is 1. The highest BCUT2D eigenvalue weighted by Gasteiger charge is 2.36. The Bertz CT molecular complexity index is 760. The maximum absolute atomic E-state index is 12.3. The zero-order chi connectivity index (χ0) is 18.6. The molecule has 0 spiro atoms. The summed E-state index contributed by atoms with van der Waals surface area (Å²) >= 11 is 1.69. The number of carbonyl (C=O) groups excluding carboxylic acids is 2. The molecule has 2 N–H and O–H groups in total. The number of benzene rings is 1. The van der Waals surface area contributed by atoms with E-state index in [9.17, 15) is 9.59 Å². The van der Waals surface area contributed by atoms with Crippen LogP contribution in [0.2, 0.25) is 0 Å². The normalized spacial score (nSPS) is 16.1. The van der Waals surface area contributed by atoms with E-state index in [0.717, 1.165) is 24.0 Å². The van der Waals surface area contributed by atoms with Gasteiger partial charge in [-0.15, -0.1) is 11.3 Å². The van der Waals surface area contributed by atoms with Gasteiger partial charge in [-0.05, 0) is 61.4 Å². The quantitative estimate of drug-likeness (QED) is 0.810. The van der Waals surface area contributed by atoms with Crippen molar-refractivity contribution < 1.29 is 14.3 Å². The summed E-state index contributed by atoms with van der Waals surface area (Å²) in [6.07, 6.45) is 1.68.